The van der Waals surface area contributed by atoms with Crippen LogP contribution in [-0.4, -0.2) is 5.71 Å². The molecule has 0 aromatic heterocycles. The van der Waals surface area contributed by atoms with Crippen molar-refractivity contribution in [3.8, 4) is 0 Å². The van der Waals surface area contributed by atoms with E-state index in [1.807, 2.05) is 0 Å². The van der Waals surface area contributed by atoms with Gasteiger partial charge in [-0.3, -0.25) is 4.99 Å². The van der Waals surface area contributed by atoms with Crippen LogP contribution < -0.4 is 0 Å². The third-order valence-corrected chi connectivity index (χ3v) is 1.83. The quantitative estimate of drug-likeness (QED) is 0.524. The largest absolute Gasteiger partial charge is 0.262 e. The molecule has 1 aliphatic carbocycles. The molecule has 0 radical (unpaired) electrons. The maximum atomic E-state index is 4.19. The molecule has 0 unspecified atom stereocenters. The highest BCUT2D eigenvalue weighted by Crippen LogP contribution is 2.21. The van der Waals surface area contributed by atoms with E-state index in [0.29, 0.717) is 0 Å². The third-order valence-electron chi connectivity index (χ3n) is 1.83. The average Bonchev–Trinajstić information content (AvgIpc) is 2.36. The molecule has 0 aliphatic heterocycles. The Balaban J connectivity index is 2.77. The molecule has 1 saturated carbocycles. The third kappa shape index (κ3) is 1.35. The molecule has 0 spiro atoms. The van der Waals surface area contributed by atoms with Gasteiger partial charge in [0.05, 0.1) is 0 Å². The Bertz CT molecular complexity index is 187. The Morgan fingerprint density at radius 3 is 2.90 bits per heavy atom. The maximum absolute atomic E-state index is 4.19. The first-order valence-electron chi connectivity index (χ1n) is 3.71. The SMILES string of the molecule is C=CN=C1CCC/C1=C/C. The second-order valence-corrected chi connectivity index (χ2v) is 2.43. The van der Waals surface area contributed by atoms with Crippen LogP contribution in [0.2, 0.25) is 0 Å². The zero-order valence-corrected chi connectivity index (χ0v) is 6.43. The van der Waals surface area contributed by atoms with E-state index in [0.717, 1.165) is 6.42 Å². The molecule has 0 N–H and O–H groups in total. The molecule has 1 nitrogen and oxygen atoms in total. The second-order valence-electron chi connectivity index (χ2n) is 2.43. The topological polar surface area (TPSA) is 12.4 Å². The maximum Gasteiger partial charge on any atom is 0.0432 e. The predicted molar refractivity (Wildman–Crippen MR) is 45.2 cm³/mol. The molecular formula is C9H13N. The normalized spacial score (nSPS) is 26.1. The minimum atomic E-state index is 1.13. The molecule has 0 amide bonds. The van der Waals surface area contributed by atoms with Crippen molar-refractivity contribution in [2.45, 2.75) is 26.2 Å². The van der Waals surface area contributed by atoms with Crippen molar-refractivity contribution in [2.75, 3.05) is 0 Å². The van der Waals surface area contributed by atoms with Crippen molar-refractivity contribution < 1.29 is 0 Å². The average molecular weight is 135 g/mol. The van der Waals surface area contributed by atoms with Gasteiger partial charge in [-0.25, -0.2) is 0 Å². The van der Waals surface area contributed by atoms with Crippen molar-refractivity contribution in [1.29, 1.82) is 0 Å². The lowest BCUT2D eigenvalue weighted by atomic mass is 10.2. The molecule has 1 fully saturated rings. The van der Waals surface area contributed by atoms with Crippen LogP contribution in [0.1, 0.15) is 26.2 Å². The fourth-order valence-corrected chi connectivity index (χ4v) is 1.32. The molecule has 1 rings (SSSR count). The van der Waals surface area contributed by atoms with Crippen molar-refractivity contribution in [1.82, 2.24) is 0 Å². The van der Waals surface area contributed by atoms with E-state index < -0.39 is 0 Å². The van der Waals surface area contributed by atoms with E-state index in [2.05, 4.69) is 24.6 Å². The Kier molecular flexibility index (Phi) is 2.43. The fraction of sp³-hybridized carbons (Fsp3) is 0.444. The highest BCUT2D eigenvalue weighted by atomic mass is 14.7. The van der Waals surface area contributed by atoms with Crippen LogP contribution in [0.25, 0.3) is 0 Å². The van der Waals surface area contributed by atoms with Crippen molar-refractivity contribution in [3.05, 3.63) is 24.4 Å². The summed E-state index contributed by atoms with van der Waals surface area (Å²) in [6.07, 6.45) is 7.36. The molecule has 54 valence electrons. The van der Waals surface area contributed by atoms with Crippen LogP contribution in [0.3, 0.4) is 0 Å². The summed E-state index contributed by atoms with van der Waals surface area (Å²) in [5.41, 5.74) is 2.64. The number of allylic oxidation sites excluding steroid dienone is 2. The Labute approximate surface area is 62.2 Å². The van der Waals surface area contributed by atoms with Gasteiger partial charge in [-0.15, -0.1) is 0 Å². The summed E-state index contributed by atoms with van der Waals surface area (Å²) < 4.78 is 0. The lowest BCUT2D eigenvalue weighted by Crippen LogP contribution is -1.90. The van der Waals surface area contributed by atoms with Gasteiger partial charge in [-0.1, -0.05) is 12.7 Å². The first-order chi connectivity index (χ1) is 4.88. The van der Waals surface area contributed by atoms with Crippen LogP contribution >= 0.6 is 0 Å². The minimum Gasteiger partial charge on any atom is -0.262 e. The van der Waals surface area contributed by atoms with Crippen molar-refractivity contribution >= 4 is 5.71 Å². The number of hydrogen-bond donors (Lipinski definition) is 0. The van der Waals surface area contributed by atoms with E-state index in [1.54, 1.807) is 6.20 Å². The molecule has 10 heavy (non-hydrogen) atoms. The van der Waals surface area contributed by atoms with Gasteiger partial charge in [-0.2, -0.15) is 0 Å². The molecule has 0 aromatic carbocycles. The molecule has 1 aliphatic rings. The second kappa shape index (κ2) is 3.35. The van der Waals surface area contributed by atoms with Gasteiger partial charge in [0.2, 0.25) is 0 Å². The summed E-state index contributed by atoms with van der Waals surface area (Å²) in [6.45, 7) is 5.65. The van der Waals surface area contributed by atoms with Crippen molar-refractivity contribution in [3.63, 3.8) is 0 Å². The Hall–Kier alpha value is -0.850. The van der Waals surface area contributed by atoms with Gasteiger partial charge in [0, 0.05) is 11.9 Å². The summed E-state index contributed by atoms with van der Waals surface area (Å²) in [5, 5.41) is 0. The van der Waals surface area contributed by atoms with E-state index >= 15 is 0 Å². The summed E-state index contributed by atoms with van der Waals surface area (Å²) in [4.78, 5) is 4.19. The first-order valence-corrected chi connectivity index (χ1v) is 3.71. The predicted octanol–water partition coefficient (Wildman–Crippen LogP) is 2.70. The number of rotatable bonds is 1. The number of aliphatic imine (C=N–C) groups is 1. The van der Waals surface area contributed by atoms with Crippen LogP contribution in [0.4, 0.5) is 0 Å². The lowest BCUT2D eigenvalue weighted by molar-refractivity contribution is 0.945. The highest BCUT2D eigenvalue weighted by molar-refractivity contribution is 6.02. The van der Waals surface area contributed by atoms with Crippen molar-refractivity contribution in [2.24, 2.45) is 4.99 Å². The first kappa shape index (κ1) is 7.26. The molecule has 0 bridgehead atoms. The van der Waals surface area contributed by atoms with Crippen LogP contribution in [0.15, 0.2) is 29.4 Å². The van der Waals surface area contributed by atoms with E-state index in [1.165, 1.54) is 24.1 Å². The Morgan fingerprint density at radius 2 is 2.30 bits per heavy atom. The zero-order valence-electron chi connectivity index (χ0n) is 6.43. The van der Waals surface area contributed by atoms with Gasteiger partial charge in [-0.05, 0) is 31.8 Å². The molecular weight excluding hydrogens is 122 g/mol. The summed E-state index contributed by atoms with van der Waals surface area (Å²) in [5.74, 6) is 0. The number of hydrogen-bond acceptors (Lipinski definition) is 1. The van der Waals surface area contributed by atoms with Gasteiger partial charge < -0.3 is 0 Å². The summed E-state index contributed by atoms with van der Waals surface area (Å²) in [6, 6.07) is 0. The summed E-state index contributed by atoms with van der Waals surface area (Å²) in [7, 11) is 0. The zero-order chi connectivity index (χ0) is 7.40. The van der Waals surface area contributed by atoms with Crippen LogP contribution in [0, 0.1) is 0 Å². The number of nitrogens with zero attached hydrogens (tertiary/aromatic N) is 1. The highest BCUT2D eigenvalue weighted by Gasteiger charge is 2.12. The van der Waals surface area contributed by atoms with E-state index in [-0.39, 0.29) is 0 Å². The van der Waals surface area contributed by atoms with Gasteiger partial charge in [0.1, 0.15) is 0 Å². The monoisotopic (exact) mass is 135 g/mol. The minimum absolute atomic E-state index is 1.13. The van der Waals surface area contributed by atoms with Gasteiger partial charge in [0.25, 0.3) is 0 Å². The van der Waals surface area contributed by atoms with Crippen LogP contribution in [-0.2, 0) is 0 Å². The Morgan fingerprint density at radius 1 is 1.50 bits per heavy atom. The van der Waals surface area contributed by atoms with Gasteiger partial charge >= 0.3 is 0 Å². The smallest absolute Gasteiger partial charge is 0.0432 e. The molecule has 0 saturated heterocycles. The van der Waals surface area contributed by atoms with E-state index in [9.17, 15) is 0 Å². The van der Waals surface area contributed by atoms with Gasteiger partial charge in [0.15, 0.2) is 0 Å². The van der Waals surface area contributed by atoms with E-state index in [4.69, 9.17) is 0 Å². The van der Waals surface area contributed by atoms with Crippen LogP contribution in [0.5, 0.6) is 0 Å². The molecule has 0 heterocycles. The molecule has 1 heteroatoms. The lowest BCUT2D eigenvalue weighted by Gasteiger charge is -1.93. The summed E-state index contributed by atoms with van der Waals surface area (Å²) >= 11 is 0. The molecule has 0 atom stereocenters. The fourth-order valence-electron chi connectivity index (χ4n) is 1.32. The standard InChI is InChI=1S/C9H13N/c1-3-8-6-5-7-9(8)10-4-2/h3-4H,2,5-7H2,1H3/b8-3-,10-9?. The molecule has 0 aromatic rings.